The van der Waals surface area contributed by atoms with Gasteiger partial charge in [0.2, 0.25) is 0 Å². The highest BCUT2D eigenvalue weighted by Gasteiger charge is 2.19. The van der Waals surface area contributed by atoms with Gasteiger partial charge < -0.3 is 9.88 Å². The first kappa shape index (κ1) is 23.6. The molecule has 2 N–H and O–H groups in total. The van der Waals surface area contributed by atoms with Gasteiger partial charge in [0.1, 0.15) is 0 Å². The summed E-state index contributed by atoms with van der Waals surface area (Å²) in [6, 6.07) is 4.00. The van der Waals surface area contributed by atoms with Crippen molar-refractivity contribution in [2.24, 2.45) is 5.92 Å². The second-order valence-corrected chi connectivity index (χ2v) is 8.87. The smallest absolute Gasteiger partial charge is 0.321 e. The average molecular weight is 436 g/mol. The van der Waals surface area contributed by atoms with Gasteiger partial charge in [0.15, 0.2) is 11.5 Å². The van der Waals surface area contributed by atoms with Crippen LogP contribution in [0.3, 0.4) is 0 Å². The number of hydrogen-bond donors (Lipinski definition) is 2. The summed E-state index contributed by atoms with van der Waals surface area (Å²) in [6.45, 7) is 16.6. The normalized spacial score (nSPS) is 12.2. The molecule has 2 heterocycles. The molecule has 0 bridgehead atoms. The zero-order valence-corrected chi connectivity index (χ0v) is 19.7. The van der Waals surface area contributed by atoms with Crippen molar-refractivity contribution in [3.05, 3.63) is 67.9 Å². The molecule has 0 amide bonds. The molecule has 0 saturated carbocycles. The van der Waals surface area contributed by atoms with Crippen LogP contribution >= 0.6 is 0 Å². The van der Waals surface area contributed by atoms with Gasteiger partial charge in [0, 0.05) is 19.6 Å². The lowest BCUT2D eigenvalue weighted by molar-refractivity contribution is 0.593. The summed E-state index contributed by atoms with van der Waals surface area (Å²) < 4.78 is 1.90. The molecule has 1 aromatic carbocycles. The molecule has 0 saturated heterocycles. The van der Waals surface area contributed by atoms with Gasteiger partial charge in [-0.1, -0.05) is 32.1 Å². The van der Waals surface area contributed by atoms with Crippen molar-refractivity contribution in [2.45, 2.75) is 54.0 Å². The second-order valence-electron chi connectivity index (χ2n) is 8.87. The van der Waals surface area contributed by atoms with E-state index in [1.54, 1.807) is 0 Å². The number of hydrogen-bond acceptors (Lipinski definition) is 5. The van der Waals surface area contributed by atoms with Gasteiger partial charge in [0.05, 0.1) is 11.0 Å². The maximum absolute atomic E-state index is 12.4. The number of rotatable bonds is 9. The van der Waals surface area contributed by atoms with Crippen LogP contribution in [-0.2, 0) is 6.54 Å². The van der Waals surface area contributed by atoms with E-state index in [2.05, 4.69) is 53.7 Å². The minimum atomic E-state index is -0.662. The molecule has 170 valence electrons. The molecule has 0 aliphatic carbocycles. The highest BCUT2D eigenvalue weighted by atomic mass is 16.2. The molecule has 0 radical (unpaired) electrons. The van der Waals surface area contributed by atoms with E-state index in [0.29, 0.717) is 36.9 Å². The minimum absolute atomic E-state index is 0.175. The Balaban J connectivity index is 1.82. The maximum atomic E-state index is 12.4. The molecular weight excluding hydrogens is 402 g/mol. The topological polar surface area (TPSA) is 92.7 Å². The Morgan fingerprint density at radius 1 is 1.22 bits per heavy atom. The Morgan fingerprint density at radius 2 is 1.94 bits per heavy atom. The number of H-pyrrole nitrogens is 1. The van der Waals surface area contributed by atoms with E-state index in [1.807, 2.05) is 30.5 Å². The number of fused-ring (bicyclic) bond motifs is 2. The van der Waals surface area contributed by atoms with Crippen LogP contribution in [0.2, 0.25) is 0 Å². The van der Waals surface area contributed by atoms with Crippen molar-refractivity contribution in [2.75, 3.05) is 13.1 Å². The van der Waals surface area contributed by atoms with Crippen molar-refractivity contribution in [3.63, 3.8) is 0 Å². The van der Waals surface area contributed by atoms with E-state index in [0.717, 1.165) is 28.6 Å². The molecular formula is C25H33N5O2. The van der Waals surface area contributed by atoms with Crippen LogP contribution in [0, 0.1) is 19.8 Å². The lowest BCUT2D eigenvalue weighted by atomic mass is 10.0. The molecule has 0 fully saturated rings. The quantitative estimate of drug-likeness (QED) is 0.303. The van der Waals surface area contributed by atoms with Crippen molar-refractivity contribution in [1.82, 2.24) is 24.8 Å². The zero-order chi connectivity index (χ0) is 23.4. The molecule has 0 unspecified atom stereocenters. The number of aromatic nitrogens is 4. The lowest BCUT2D eigenvalue weighted by Crippen LogP contribution is -2.30. The second kappa shape index (κ2) is 10.0. The van der Waals surface area contributed by atoms with E-state index >= 15 is 0 Å². The SMILES string of the molecule is C=C(CNCCn1c2nc(=O)[nH]c(=O)c-2nc2cc(C)c(C)cc21)/C(C)=C\CCC(C)C. The first-order valence-electron chi connectivity index (χ1n) is 11.1. The van der Waals surface area contributed by atoms with Gasteiger partial charge in [-0.3, -0.25) is 9.78 Å². The fourth-order valence-electron chi connectivity index (χ4n) is 3.62. The third kappa shape index (κ3) is 5.40. The molecule has 0 atom stereocenters. The van der Waals surface area contributed by atoms with E-state index in [4.69, 9.17) is 0 Å². The van der Waals surface area contributed by atoms with Crippen molar-refractivity contribution < 1.29 is 0 Å². The van der Waals surface area contributed by atoms with E-state index < -0.39 is 11.2 Å². The Labute approximate surface area is 188 Å². The Bertz CT molecular complexity index is 1250. The summed E-state index contributed by atoms with van der Waals surface area (Å²) in [5.74, 6) is 0.996. The van der Waals surface area contributed by atoms with E-state index in [-0.39, 0.29) is 5.69 Å². The standard InChI is InChI=1S/C25H33N5O2/c1-15(2)8-7-9-16(3)19(6)14-26-10-11-30-21-13-18(5)17(4)12-20(21)27-22-23(30)28-25(32)29-24(22)31/h9,12-13,15,26H,6-8,10-11,14H2,1-5H3,(H,29,31,32)/b16-9-. The van der Waals surface area contributed by atoms with Crippen LogP contribution < -0.4 is 16.6 Å². The number of nitrogens with one attached hydrogen (secondary N) is 2. The van der Waals surface area contributed by atoms with Crippen LogP contribution in [-0.4, -0.2) is 32.6 Å². The largest absolute Gasteiger partial charge is 0.349 e. The number of nitrogens with zero attached hydrogens (tertiary/aromatic N) is 3. The Hall–Kier alpha value is -3.06. The van der Waals surface area contributed by atoms with Gasteiger partial charge in [-0.15, -0.1) is 0 Å². The number of allylic oxidation sites excluding steroid dienone is 1. The van der Waals surface area contributed by atoms with Crippen molar-refractivity contribution in [1.29, 1.82) is 0 Å². The minimum Gasteiger partial charge on any atom is -0.321 e. The lowest BCUT2D eigenvalue weighted by Gasteiger charge is -2.18. The van der Waals surface area contributed by atoms with Gasteiger partial charge in [-0.25, -0.2) is 9.78 Å². The predicted octanol–water partition coefficient (Wildman–Crippen LogP) is 3.73. The van der Waals surface area contributed by atoms with Crippen LogP contribution in [0.1, 0.15) is 44.7 Å². The third-order valence-corrected chi connectivity index (χ3v) is 5.83. The van der Waals surface area contributed by atoms with Crippen LogP contribution in [0.15, 0.2) is 45.5 Å². The van der Waals surface area contributed by atoms with E-state index in [1.165, 1.54) is 12.0 Å². The first-order chi connectivity index (χ1) is 15.2. The number of aryl methyl sites for hydroxylation is 2. The molecule has 7 heteroatoms. The fourth-order valence-corrected chi connectivity index (χ4v) is 3.62. The predicted molar refractivity (Wildman–Crippen MR) is 130 cm³/mol. The number of aromatic amines is 1. The van der Waals surface area contributed by atoms with Crippen LogP contribution in [0.5, 0.6) is 0 Å². The van der Waals surface area contributed by atoms with Crippen LogP contribution in [0.25, 0.3) is 22.6 Å². The molecule has 7 nitrogen and oxygen atoms in total. The van der Waals surface area contributed by atoms with Gasteiger partial charge in [-0.05, 0) is 68.4 Å². The van der Waals surface area contributed by atoms with Crippen LogP contribution in [0.4, 0.5) is 0 Å². The Kier molecular flexibility index (Phi) is 7.40. The summed E-state index contributed by atoms with van der Waals surface area (Å²) in [4.78, 5) is 35.0. The summed E-state index contributed by atoms with van der Waals surface area (Å²) >= 11 is 0. The third-order valence-electron chi connectivity index (χ3n) is 5.83. The maximum Gasteiger partial charge on any atom is 0.349 e. The Morgan fingerprint density at radius 3 is 2.66 bits per heavy atom. The monoisotopic (exact) mass is 435 g/mol. The van der Waals surface area contributed by atoms with Crippen molar-refractivity contribution >= 4 is 11.0 Å². The van der Waals surface area contributed by atoms with Crippen molar-refractivity contribution in [3.8, 4) is 11.5 Å². The molecule has 3 rings (SSSR count). The molecule has 2 aliphatic heterocycles. The molecule has 32 heavy (non-hydrogen) atoms. The summed E-state index contributed by atoms with van der Waals surface area (Å²) in [5.41, 5.74) is 5.03. The molecule has 2 aliphatic rings. The first-order valence-corrected chi connectivity index (χ1v) is 11.1. The number of benzene rings is 1. The molecule has 0 aromatic heterocycles. The van der Waals surface area contributed by atoms with Gasteiger partial charge in [0.25, 0.3) is 5.56 Å². The van der Waals surface area contributed by atoms with Gasteiger partial charge >= 0.3 is 5.69 Å². The summed E-state index contributed by atoms with van der Waals surface area (Å²) in [7, 11) is 0. The average Bonchev–Trinajstić information content (AvgIpc) is 2.71. The highest BCUT2D eigenvalue weighted by molar-refractivity contribution is 5.81. The fraction of sp³-hybridized carbons (Fsp3) is 0.440. The van der Waals surface area contributed by atoms with Gasteiger partial charge in [-0.2, -0.15) is 4.98 Å². The van der Waals surface area contributed by atoms with E-state index in [9.17, 15) is 9.59 Å². The molecule has 1 aromatic rings. The molecule has 0 spiro atoms. The highest BCUT2D eigenvalue weighted by Crippen LogP contribution is 2.23. The summed E-state index contributed by atoms with van der Waals surface area (Å²) in [6.07, 6.45) is 4.48. The zero-order valence-electron chi connectivity index (χ0n) is 19.7. The summed E-state index contributed by atoms with van der Waals surface area (Å²) in [5, 5.41) is 3.42.